The third-order valence-electron chi connectivity index (χ3n) is 5.82. The van der Waals surface area contributed by atoms with Crippen molar-refractivity contribution in [2.75, 3.05) is 23.8 Å². The molecule has 2 aromatic rings. The molecule has 0 radical (unpaired) electrons. The van der Waals surface area contributed by atoms with Crippen LogP contribution in [0.3, 0.4) is 0 Å². The first-order valence-corrected chi connectivity index (χ1v) is 11.6. The van der Waals surface area contributed by atoms with E-state index in [-0.39, 0.29) is 30.3 Å². The van der Waals surface area contributed by atoms with E-state index < -0.39 is 11.1 Å². The number of likely N-dealkylation sites (N-methyl/N-ethyl adjacent to an activating group) is 1. The maximum atomic E-state index is 13.6. The monoisotopic (exact) mass is 553 g/mol. The van der Waals surface area contributed by atoms with E-state index in [2.05, 4.69) is 15.9 Å². The minimum atomic E-state index is -0.959. The normalized spacial score (nSPS) is 22.2. The smallest absolute Gasteiger partial charge is 0.444 e. The van der Waals surface area contributed by atoms with E-state index in [1.807, 2.05) is 37.3 Å². The highest BCUT2D eigenvalue weighted by Gasteiger charge is 2.47. The molecule has 0 fully saturated rings. The van der Waals surface area contributed by atoms with Crippen LogP contribution < -0.4 is 22.2 Å². The third-order valence-corrected chi connectivity index (χ3v) is 6.45. The van der Waals surface area contributed by atoms with Gasteiger partial charge in [0.05, 0.1) is 23.3 Å². The van der Waals surface area contributed by atoms with E-state index in [0.717, 1.165) is 11.1 Å². The number of alkyl halides is 1. The molecule has 33 heavy (non-hydrogen) atoms. The topological polar surface area (TPSA) is 83.5 Å². The molecular formula is C22H22BrCl2N5O3. The van der Waals surface area contributed by atoms with Crippen molar-refractivity contribution in [3.05, 3.63) is 86.8 Å². The molecule has 0 bridgehead atoms. The average molecular weight is 555 g/mol. The molecule has 0 spiro atoms. The molecule has 3 unspecified atom stereocenters. The number of aliphatic imine (C=N–C) groups is 1. The highest BCUT2D eigenvalue weighted by molar-refractivity contribution is 9.09. The van der Waals surface area contributed by atoms with Crippen molar-refractivity contribution < 1.29 is 27.0 Å². The maximum absolute atomic E-state index is 13.6. The molecule has 1 amide bonds. The summed E-state index contributed by atoms with van der Waals surface area (Å²) in [7, 11) is 1.69. The number of nitrogens with zero attached hydrogens (tertiary/aromatic N) is 4. The molecule has 2 aromatic carbocycles. The Morgan fingerprint density at radius 1 is 1.24 bits per heavy atom. The summed E-state index contributed by atoms with van der Waals surface area (Å²) in [6, 6.07) is 14.9. The van der Waals surface area contributed by atoms with Gasteiger partial charge in [0.2, 0.25) is 6.17 Å². The lowest BCUT2D eigenvalue weighted by Gasteiger charge is -2.29. The van der Waals surface area contributed by atoms with Crippen LogP contribution in [0, 0.1) is 10.1 Å². The molecule has 3 atom stereocenters. The predicted octanol–water partition coefficient (Wildman–Crippen LogP) is -0.499. The van der Waals surface area contributed by atoms with Gasteiger partial charge in [0.25, 0.3) is 5.91 Å². The predicted molar refractivity (Wildman–Crippen MR) is 127 cm³/mol. The Kier molecular flexibility index (Phi) is 7.79. The van der Waals surface area contributed by atoms with Gasteiger partial charge in [-0.3, -0.25) is 19.8 Å². The number of benzodiazepines with no additional fused rings is 1. The quantitative estimate of drug-likeness (QED) is 0.307. The van der Waals surface area contributed by atoms with Crippen LogP contribution in [0.5, 0.6) is 0 Å². The van der Waals surface area contributed by atoms with Crippen molar-refractivity contribution in [2.45, 2.75) is 19.3 Å². The highest BCUT2D eigenvalue weighted by atomic mass is 79.9. The molecule has 0 aromatic heterocycles. The summed E-state index contributed by atoms with van der Waals surface area (Å²) < 4.78 is 0. The molecule has 2 heterocycles. The van der Waals surface area contributed by atoms with Gasteiger partial charge in [-0.1, -0.05) is 57.9 Å². The Morgan fingerprint density at radius 2 is 1.94 bits per heavy atom. The Hall–Kier alpha value is -2.46. The number of carbonyl (C=O) groups excluding carboxylic acids is 1. The van der Waals surface area contributed by atoms with Gasteiger partial charge in [-0.15, -0.1) is 0 Å². The van der Waals surface area contributed by atoms with Crippen molar-refractivity contribution in [3.8, 4) is 0 Å². The Morgan fingerprint density at radius 3 is 2.58 bits per heavy atom. The van der Waals surface area contributed by atoms with Crippen molar-refractivity contribution in [1.29, 1.82) is 0 Å². The lowest BCUT2D eigenvalue weighted by atomic mass is 10.0. The van der Waals surface area contributed by atoms with Crippen LogP contribution in [-0.2, 0) is 4.79 Å². The summed E-state index contributed by atoms with van der Waals surface area (Å²) >= 11 is 9.68. The van der Waals surface area contributed by atoms with Crippen LogP contribution in [0.4, 0.5) is 5.69 Å². The van der Waals surface area contributed by atoms with Crippen molar-refractivity contribution in [2.24, 2.45) is 4.99 Å². The van der Waals surface area contributed by atoms with Gasteiger partial charge in [-0.05, 0) is 18.2 Å². The van der Waals surface area contributed by atoms with Gasteiger partial charge >= 0.3 is 5.82 Å². The second-order valence-electron chi connectivity index (χ2n) is 7.63. The molecule has 0 saturated heterocycles. The Bertz CT molecular complexity index is 1130. The van der Waals surface area contributed by atoms with Gasteiger partial charge < -0.3 is 17.3 Å². The van der Waals surface area contributed by atoms with Crippen LogP contribution >= 0.6 is 27.5 Å². The molecular weight excluding hydrogens is 533 g/mol. The molecule has 4 rings (SSSR count). The van der Waals surface area contributed by atoms with Gasteiger partial charge in [0.15, 0.2) is 6.17 Å². The number of hydrogen-bond acceptors (Lipinski definition) is 5. The van der Waals surface area contributed by atoms with Crippen molar-refractivity contribution in [1.82, 2.24) is 4.90 Å². The maximum Gasteiger partial charge on any atom is 0.444 e. The minimum absolute atomic E-state index is 0. The number of nitro groups is 1. The summed E-state index contributed by atoms with van der Waals surface area (Å²) in [5, 5.41) is 12.8. The second-order valence-corrected chi connectivity index (χ2v) is 8.86. The molecule has 1 N–H and O–H groups in total. The largest absolute Gasteiger partial charge is 1.00 e. The zero-order valence-corrected chi connectivity index (χ0v) is 21.0. The van der Waals surface area contributed by atoms with Gasteiger partial charge in [0, 0.05) is 30.1 Å². The molecule has 174 valence electrons. The van der Waals surface area contributed by atoms with Crippen LogP contribution in [0.2, 0.25) is 5.02 Å². The number of rotatable bonds is 5. The lowest BCUT2D eigenvalue weighted by Crippen LogP contribution is -3.14. The first-order valence-electron chi connectivity index (χ1n) is 10.1. The van der Waals surface area contributed by atoms with E-state index in [9.17, 15) is 14.9 Å². The number of anilines is 1. The number of fused-ring (bicyclic) bond motifs is 1. The highest BCUT2D eigenvalue weighted by Crippen LogP contribution is 2.31. The van der Waals surface area contributed by atoms with Crippen LogP contribution in [0.15, 0.2) is 65.5 Å². The number of nitrogens with one attached hydrogen (secondary N) is 1. The van der Waals surface area contributed by atoms with E-state index in [4.69, 9.17) is 16.6 Å². The van der Waals surface area contributed by atoms with Crippen LogP contribution in [0.25, 0.3) is 0 Å². The number of amides is 1. The van der Waals surface area contributed by atoms with Gasteiger partial charge in [-0.2, -0.15) is 0 Å². The molecule has 2 aliphatic heterocycles. The van der Waals surface area contributed by atoms with E-state index in [1.54, 1.807) is 35.0 Å². The SMILES string of the molecule is CC1N(C2N=C(c3ccccc3)c3cc(Cl)ccc3N(C)C2=O)C=C([N+](=O)[O-])[NH+]1CCBr.[Cl-]. The summed E-state index contributed by atoms with van der Waals surface area (Å²) in [5.74, 6) is -0.251. The zero-order valence-electron chi connectivity index (χ0n) is 17.9. The van der Waals surface area contributed by atoms with E-state index >= 15 is 0 Å². The third kappa shape index (κ3) is 4.63. The number of halogens is 3. The number of benzene rings is 2. The summed E-state index contributed by atoms with van der Waals surface area (Å²) in [5.41, 5.74) is 2.86. The van der Waals surface area contributed by atoms with Gasteiger partial charge in [-0.25, -0.2) is 9.89 Å². The fraction of sp³-hybridized carbons (Fsp3) is 0.273. The van der Waals surface area contributed by atoms with Crippen molar-refractivity contribution in [3.63, 3.8) is 0 Å². The van der Waals surface area contributed by atoms with E-state index in [0.29, 0.717) is 33.2 Å². The number of hydrogen-bond donors (Lipinski definition) is 1. The summed E-state index contributed by atoms with van der Waals surface area (Å²) in [6.07, 6.45) is 0.147. The van der Waals surface area contributed by atoms with Crippen LogP contribution in [0.1, 0.15) is 18.1 Å². The van der Waals surface area contributed by atoms with Crippen LogP contribution in [-0.4, -0.2) is 52.7 Å². The number of carbonyl (C=O) groups is 1. The molecule has 0 aliphatic carbocycles. The second kappa shape index (κ2) is 10.2. The first kappa shape index (κ1) is 25.2. The lowest BCUT2D eigenvalue weighted by molar-refractivity contribution is -0.936. The molecule has 8 nitrogen and oxygen atoms in total. The standard InChI is InChI=1S/C22H21BrClN5O3.ClH/c1-14-27(11-10-23)19(29(31)32)13-28(14)21-22(30)26(2)18-9-8-16(24)12-17(18)20(25-21)15-6-4-3-5-7-15;/h3-9,12-14,21H,10-11H2,1-2H3;1H. The fourth-order valence-corrected chi connectivity index (χ4v) is 4.76. The van der Waals surface area contributed by atoms with Crippen molar-refractivity contribution >= 4 is 44.8 Å². The first-order chi connectivity index (χ1) is 15.3. The van der Waals surface area contributed by atoms with Gasteiger partial charge in [0.1, 0.15) is 11.1 Å². The Labute approximate surface area is 211 Å². The van der Waals surface area contributed by atoms with E-state index in [1.165, 1.54) is 6.20 Å². The fourth-order valence-electron chi connectivity index (χ4n) is 4.17. The number of quaternary nitrogens is 1. The molecule has 0 saturated carbocycles. The summed E-state index contributed by atoms with van der Waals surface area (Å²) in [6.45, 7) is 2.37. The zero-order chi connectivity index (χ0) is 23.0. The minimum Gasteiger partial charge on any atom is -1.00 e. The summed E-state index contributed by atoms with van der Waals surface area (Å²) in [4.78, 5) is 33.7. The molecule has 2 aliphatic rings. The Balaban J connectivity index is 0.00000306. The average Bonchev–Trinajstić information content (AvgIpc) is 3.05. The molecule has 11 heteroatoms.